The molecule has 0 saturated heterocycles. The van der Waals surface area contributed by atoms with Crippen molar-refractivity contribution in [3.63, 3.8) is 0 Å². The van der Waals surface area contributed by atoms with E-state index in [2.05, 4.69) is 0 Å². The number of carboxylic acids is 1. The van der Waals surface area contributed by atoms with Crippen LogP contribution in [0.1, 0.15) is 87.0 Å². The van der Waals surface area contributed by atoms with Crippen molar-refractivity contribution in [3.8, 4) is 0 Å². The molecule has 0 aromatic heterocycles. The minimum absolute atomic E-state index is 0.208. The zero-order valence-corrected chi connectivity index (χ0v) is 24.1. The molecule has 0 bridgehead atoms. The largest absolute Gasteiger partial charge is 0.481 e. The summed E-state index contributed by atoms with van der Waals surface area (Å²) in [6, 6.07) is 0. The van der Waals surface area contributed by atoms with E-state index in [-0.39, 0.29) is 36.5 Å². The Morgan fingerprint density at radius 1 is 1.08 bits per heavy atom. The van der Waals surface area contributed by atoms with Crippen LogP contribution in [0.5, 0.6) is 0 Å². The molecule has 10 atom stereocenters. The van der Waals surface area contributed by atoms with Crippen molar-refractivity contribution >= 4 is 23.3 Å². The summed E-state index contributed by atoms with van der Waals surface area (Å²) in [5.41, 5.74) is -5.62. The number of fused-ring (bicyclic) bond motifs is 4. The van der Waals surface area contributed by atoms with E-state index in [1.54, 1.807) is 13.8 Å². The molecule has 1 unspecified atom stereocenters. The normalized spacial score (nSPS) is 43.7. The molecule has 5 N–H and O–H groups in total. The fourth-order valence-corrected chi connectivity index (χ4v) is 9.16. The number of carbonyl (C=O) groups is 4. The molecule has 0 heterocycles. The maximum absolute atomic E-state index is 14.2. The van der Waals surface area contributed by atoms with Gasteiger partial charge in [0.1, 0.15) is 17.7 Å². The minimum atomic E-state index is -1.82. The van der Waals surface area contributed by atoms with E-state index >= 15 is 0 Å². The number of carbonyl (C=O) groups excluding carboxylic acids is 3. The molecule has 0 aromatic rings. The predicted molar refractivity (Wildman–Crippen MR) is 140 cm³/mol. The number of hydrogen-bond acceptors (Lipinski definition) is 8. The molecule has 0 aliphatic heterocycles. The average Bonchev–Trinajstić information content (AvgIpc) is 3.04. The first-order valence-corrected chi connectivity index (χ1v) is 14.0. The van der Waals surface area contributed by atoms with Crippen LogP contribution in [0.25, 0.3) is 0 Å². The van der Waals surface area contributed by atoms with Gasteiger partial charge >= 0.3 is 5.97 Å². The molecular weight excluding hydrogens is 504 g/mol. The van der Waals surface area contributed by atoms with Crippen LogP contribution in [-0.2, 0) is 19.2 Å². The van der Waals surface area contributed by atoms with E-state index < -0.39 is 81.4 Å². The summed E-state index contributed by atoms with van der Waals surface area (Å²) in [4.78, 5) is 52.1. The number of aliphatic hydroxyl groups excluding tert-OH is 3. The summed E-state index contributed by atoms with van der Waals surface area (Å²) in [6.07, 6.45) is -3.25. The third-order valence-corrected chi connectivity index (χ3v) is 11.7. The van der Waals surface area contributed by atoms with Gasteiger partial charge in [0.05, 0.1) is 29.1 Å². The second kappa shape index (κ2) is 9.03. The zero-order chi connectivity index (χ0) is 29.7. The van der Waals surface area contributed by atoms with E-state index in [1.807, 2.05) is 20.8 Å². The Labute approximate surface area is 229 Å². The second-order valence-corrected chi connectivity index (χ2v) is 14.3. The lowest BCUT2D eigenvalue weighted by Gasteiger charge is -2.62. The number of aliphatic hydroxyl groups is 4. The van der Waals surface area contributed by atoms with Crippen molar-refractivity contribution in [1.29, 1.82) is 0 Å². The van der Waals surface area contributed by atoms with Crippen LogP contribution in [0.4, 0.5) is 0 Å². The number of hydrogen-bond donors (Lipinski definition) is 5. The third kappa shape index (κ3) is 3.86. The first-order chi connectivity index (χ1) is 17.7. The molecule has 39 heavy (non-hydrogen) atoms. The van der Waals surface area contributed by atoms with Gasteiger partial charge in [0.15, 0.2) is 5.78 Å². The summed E-state index contributed by atoms with van der Waals surface area (Å²) in [5.74, 6) is -4.74. The van der Waals surface area contributed by atoms with Gasteiger partial charge in [-0.25, -0.2) is 0 Å². The standard InChI is InChI=1S/C30H44O9/c1-14(25(37)38)10-15(31)13-28(5,39)18-12-20(34)30(7)21-16(32)11-17-26(2,3)19(33)8-9-27(17,4)22(21)23(35)24(36)29(18,30)6/h14,16-19,24,32-33,36,39H,8-13H2,1-7H3,(H,37,38)/t14?,16-,17-,18+,19-,24+,27-,28+,29-,30-/m0/s1. The number of carboxylic acid groups (broad SMARTS) is 1. The fraction of sp³-hybridized carbons (Fsp3) is 0.800. The quantitative estimate of drug-likeness (QED) is 0.334. The van der Waals surface area contributed by atoms with Gasteiger partial charge in [-0.3, -0.25) is 19.2 Å². The Hall–Kier alpha value is -1.94. The molecule has 2 saturated carbocycles. The van der Waals surface area contributed by atoms with E-state index in [0.29, 0.717) is 18.4 Å². The molecule has 2 fully saturated rings. The lowest BCUT2D eigenvalue weighted by molar-refractivity contribution is -0.169. The van der Waals surface area contributed by atoms with Crippen molar-refractivity contribution in [3.05, 3.63) is 11.1 Å². The SMILES string of the molecule is CC(CC(=O)C[C@@](C)(O)[C@H]1CC(=O)[C@@]2(C)C3=C(C(=O)[C@@H](O)[C@]12C)[C@@]1(C)CC[C@H](O)C(C)(C)[C@@H]1C[C@@H]3O)C(=O)O. The van der Waals surface area contributed by atoms with E-state index in [1.165, 1.54) is 13.8 Å². The van der Waals surface area contributed by atoms with Crippen LogP contribution >= 0.6 is 0 Å². The van der Waals surface area contributed by atoms with Gasteiger partial charge in [0, 0.05) is 36.2 Å². The minimum Gasteiger partial charge on any atom is -0.481 e. The van der Waals surface area contributed by atoms with Gasteiger partial charge in [-0.05, 0) is 55.4 Å². The molecular formula is C30H44O9. The molecule has 218 valence electrons. The predicted octanol–water partition coefficient (Wildman–Crippen LogP) is 2.22. The van der Waals surface area contributed by atoms with Gasteiger partial charge in [-0.15, -0.1) is 0 Å². The van der Waals surface area contributed by atoms with Crippen LogP contribution in [0, 0.1) is 39.4 Å². The van der Waals surface area contributed by atoms with Crippen LogP contribution in [0.2, 0.25) is 0 Å². The second-order valence-electron chi connectivity index (χ2n) is 14.3. The number of rotatable bonds is 6. The van der Waals surface area contributed by atoms with Crippen molar-refractivity contribution in [2.45, 2.75) is 111 Å². The Balaban J connectivity index is 1.83. The van der Waals surface area contributed by atoms with Crippen LogP contribution in [-0.4, -0.2) is 72.8 Å². The number of ketones is 3. The maximum Gasteiger partial charge on any atom is 0.306 e. The number of aliphatic carboxylic acids is 1. The van der Waals surface area contributed by atoms with Gasteiger partial charge in [0.2, 0.25) is 0 Å². The summed E-state index contributed by atoms with van der Waals surface area (Å²) in [6.45, 7) is 11.8. The fourth-order valence-electron chi connectivity index (χ4n) is 9.16. The zero-order valence-electron chi connectivity index (χ0n) is 24.1. The van der Waals surface area contributed by atoms with E-state index in [0.717, 1.165) is 0 Å². The van der Waals surface area contributed by atoms with Crippen molar-refractivity contribution in [2.24, 2.45) is 39.4 Å². The molecule has 0 aromatic carbocycles. The molecule has 0 spiro atoms. The highest BCUT2D eigenvalue weighted by atomic mass is 16.4. The van der Waals surface area contributed by atoms with Gasteiger partial charge in [-0.1, -0.05) is 34.6 Å². The van der Waals surface area contributed by atoms with Crippen LogP contribution in [0.3, 0.4) is 0 Å². The lowest BCUT2D eigenvalue weighted by atomic mass is 9.41. The number of Topliss-reactive ketones (excluding diaryl/α,β-unsaturated/α-hetero) is 3. The first-order valence-electron chi connectivity index (χ1n) is 14.0. The van der Waals surface area contributed by atoms with Crippen molar-refractivity contribution in [2.75, 3.05) is 0 Å². The molecule has 4 aliphatic rings. The Morgan fingerprint density at radius 2 is 1.67 bits per heavy atom. The summed E-state index contributed by atoms with van der Waals surface area (Å²) in [7, 11) is 0. The van der Waals surface area contributed by atoms with Gasteiger partial charge in [-0.2, -0.15) is 0 Å². The average molecular weight is 549 g/mol. The van der Waals surface area contributed by atoms with Crippen molar-refractivity contribution < 1.29 is 44.7 Å². The Morgan fingerprint density at radius 3 is 2.23 bits per heavy atom. The molecule has 0 radical (unpaired) electrons. The topological polar surface area (TPSA) is 169 Å². The molecule has 4 rings (SSSR count). The molecule has 9 nitrogen and oxygen atoms in total. The van der Waals surface area contributed by atoms with E-state index in [9.17, 15) is 44.7 Å². The molecule has 4 aliphatic carbocycles. The summed E-state index contributed by atoms with van der Waals surface area (Å²) < 4.78 is 0. The van der Waals surface area contributed by atoms with Gasteiger partial charge < -0.3 is 25.5 Å². The smallest absolute Gasteiger partial charge is 0.306 e. The van der Waals surface area contributed by atoms with Crippen molar-refractivity contribution in [1.82, 2.24) is 0 Å². The summed E-state index contributed by atoms with van der Waals surface area (Å²) >= 11 is 0. The van der Waals surface area contributed by atoms with Gasteiger partial charge in [0.25, 0.3) is 0 Å². The molecule has 0 amide bonds. The first kappa shape index (κ1) is 30.0. The molecule has 9 heteroatoms. The Kier molecular flexibility index (Phi) is 6.95. The highest BCUT2D eigenvalue weighted by molar-refractivity contribution is 6.08. The summed E-state index contributed by atoms with van der Waals surface area (Å²) in [5, 5.41) is 54.9. The Bertz CT molecular complexity index is 1150. The highest BCUT2D eigenvalue weighted by Gasteiger charge is 2.74. The highest BCUT2D eigenvalue weighted by Crippen LogP contribution is 2.71. The van der Waals surface area contributed by atoms with E-state index in [4.69, 9.17) is 0 Å². The lowest BCUT2D eigenvalue weighted by Crippen LogP contribution is -2.66. The maximum atomic E-state index is 14.2. The van der Waals surface area contributed by atoms with Crippen LogP contribution < -0.4 is 0 Å². The van der Waals surface area contributed by atoms with Crippen LogP contribution in [0.15, 0.2) is 11.1 Å². The monoisotopic (exact) mass is 548 g/mol. The third-order valence-electron chi connectivity index (χ3n) is 11.7.